The number of likely N-dealkylation sites (tertiary alicyclic amines) is 1. The lowest BCUT2D eigenvalue weighted by atomic mass is 9.97. The maximum Gasteiger partial charge on any atom is 0.191 e. The van der Waals surface area contributed by atoms with Crippen LogP contribution in [0.2, 0.25) is 0 Å². The summed E-state index contributed by atoms with van der Waals surface area (Å²) in [7, 11) is 2.19. The van der Waals surface area contributed by atoms with Gasteiger partial charge in [-0.2, -0.15) is 0 Å². The Kier molecular flexibility index (Phi) is 8.70. The third-order valence-electron chi connectivity index (χ3n) is 5.90. The number of aliphatic imine (C=N–C) groups is 1. The molecule has 2 aliphatic heterocycles. The van der Waals surface area contributed by atoms with Crippen LogP contribution < -0.4 is 10.6 Å². The van der Waals surface area contributed by atoms with Crippen molar-refractivity contribution in [1.82, 2.24) is 20.4 Å². The third kappa shape index (κ3) is 6.94. The average molecular weight is 406 g/mol. The van der Waals surface area contributed by atoms with Gasteiger partial charge in [0, 0.05) is 26.2 Å². The van der Waals surface area contributed by atoms with Crippen LogP contribution in [-0.4, -0.2) is 81.8 Å². The van der Waals surface area contributed by atoms with Gasteiger partial charge in [0.2, 0.25) is 0 Å². The molecule has 6 nitrogen and oxygen atoms in total. The van der Waals surface area contributed by atoms with E-state index in [1.807, 2.05) is 12.1 Å². The highest BCUT2D eigenvalue weighted by atomic mass is 19.1. The van der Waals surface area contributed by atoms with Gasteiger partial charge in [0.05, 0.1) is 25.8 Å². The van der Waals surface area contributed by atoms with Crippen molar-refractivity contribution in [3.05, 3.63) is 35.6 Å². The van der Waals surface area contributed by atoms with E-state index in [-0.39, 0.29) is 11.9 Å². The van der Waals surface area contributed by atoms with E-state index in [4.69, 9.17) is 9.73 Å². The highest BCUT2D eigenvalue weighted by Crippen LogP contribution is 2.23. The average Bonchev–Trinajstić information content (AvgIpc) is 2.75. The zero-order valence-corrected chi connectivity index (χ0v) is 17.9. The monoisotopic (exact) mass is 405 g/mol. The Hall–Kier alpha value is -1.70. The van der Waals surface area contributed by atoms with Gasteiger partial charge < -0.3 is 20.3 Å². The summed E-state index contributed by atoms with van der Waals surface area (Å²) >= 11 is 0. The number of piperidine rings is 1. The van der Waals surface area contributed by atoms with E-state index >= 15 is 0 Å². The zero-order valence-electron chi connectivity index (χ0n) is 17.9. The van der Waals surface area contributed by atoms with E-state index in [9.17, 15) is 4.39 Å². The summed E-state index contributed by atoms with van der Waals surface area (Å²) in [6.07, 6.45) is 2.46. The molecule has 2 aliphatic rings. The van der Waals surface area contributed by atoms with Gasteiger partial charge in [-0.25, -0.2) is 4.39 Å². The predicted molar refractivity (Wildman–Crippen MR) is 116 cm³/mol. The first-order valence-corrected chi connectivity index (χ1v) is 10.9. The lowest BCUT2D eigenvalue weighted by Crippen LogP contribution is -2.43. The molecule has 162 valence electrons. The van der Waals surface area contributed by atoms with E-state index < -0.39 is 0 Å². The van der Waals surface area contributed by atoms with Gasteiger partial charge in [-0.15, -0.1) is 0 Å². The Labute approximate surface area is 174 Å². The minimum atomic E-state index is -0.203. The van der Waals surface area contributed by atoms with Crippen molar-refractivity contribution in [2.75, 3.05) is 66.1 Å². The highest BCUT2D eigenvalue weighted by molar-refractivity contribution is 5.79. The third-order valence-corrected chi connectivity index (χ3v) is 5.90. The second-order valence-corrected chi connectivity index (χ2v) is 8.06. The molecule has 1 unspecified atom stereocenters. The molecule has 0 aliphatic carbocycles. The number of hydrogen-bond donors (Lipinski definition) is 2. The van der Waals surface area contributed by atoms with Gasteiger partial charge in [0.1, 0.15) is 5.82 Å². The fraction of sp³-hybridized carbons (Fsp3) is 0.682. The molecular formula is C22H36FN5O. The molecular weight excluding hydrogens is 369 g/mol. The molecule has 1 aromatic carbocycles. The van der Waals surface area contributed by atoms with Crippen molar-refractivity contribution >= 4 is 5.96 Å². The Balaban J connectivity index is 1.64. The number of ether oxygens (including phenoxy) is 1. The second kappa shape index (κ2) is 11.5. The van der Waals surface area contributed by atoms with Crippen molar-refractivity contribution in [2.24, 2.45) is 10.9 Å². The molecule has 2 heterocycles. The fourth-order valence-corrected chi connectivity index (χ4v) is 4.03. The summed E-state index contributed by atoms with van der Waals surface area (Å²) in [6.45, 7) is 10.1. The number of rotatable bonds is 7. The molecule has 0 bridgehead atoms. The standard InChI is InChI=1S/C22H36FN5O/c1-3-24-22(25-16-18-8-10-27(2)11-9-18)26-17-21(28-12-14-29-15-13-28)19-4-6-20(23)7-5-19/h4-7,18,21H,3,8-17H2,1-2H3,(H2,24,25,26). The molecule has 1 aromatic rings. The molecule has 1 atom stereocenters. The molecule has 0 aromatic heterocycles. The fourth-order valence-electron chi connectivity index (χ4n) is 4.03. The minimum Gasteiger partial charge on any atom is -0.379 e. The molecule has 0 saturated carbocycles. The maximum atomic E-state index is 13.4. The van der Waals surface area contributed by atoms with Crippen LogP contribution in [0.3, 0.4) is 0 Å². The van der Waals surface area contributed by atoms with Crippen molar-refractivity contribution < 1.29 is 9.13 Å². The highest BCUT2D eigenvalue weighted by Gasteiger charge is 2.23. The van der Waals surface area contributed by atoms with Crippen LogP contribution in [0.15, 0.2) is 29.3 Å². The molecule has 2 saturated heterocycles. The summed E-state index contributed by atoms with van der Waals surface area (Å²) in [5.41, 5.74) is 1.10. The second-order valence-electron chi connectivity index (χ2n) is 8.06. The van der Waals surface area contributed by atoms with Crippen LogP contribution in [-0.2, 0) is 4.74 Å². The summed E-state index contributed by atoms with van der Waals surface area (Å²) in [6, 6.07) is 6.96. The van der Waals surface area contributed by atoms with Crippen molar-refractivity contribution in [3.63, 3.8) is 0 Å². The summed E-state index contributed by atoms with van der Waals surface area (Å²) in [5.74, 6) is 1.36. The Morgan fingerprint density at radius 2 is 1.83 bits per heavy atom. The normalized spacial score (nSPS) is 21.1. The Bertz CT molecular complexity index is 625. The van der Waals surface area contributed by atoms with Gasteiger partial charge in [-0.1, -0.05) is 12.1 Å². The number of hydrogen-bond acceptors (Lipinski definition) is 4. The van der Waals surface area contributed by atoms with Crippen molar-refractivity contribution in [3.8, 4) is 0 Å². The Morgan fingerprint density at radius 1 is 1.14 bits per heavy atom. The summed E-state index contributed by atoms with van der Waals surface area (Å²) in [5, 5.41) is 6.92. The number of morpholine rings is 1. The molecule has 29 heavy (non-hydrogen) atoms. The smallest absolute Gasteiger partial charge is 0.191 e. The molecule has 0 radical (unpaired) electrons. The SMILES string of the molecule is CCNC(=NCC(c1ccc(F)cc1)N1CCOCC1)NCC1CCN(C)CC1. The number of nitrogens with one attached hydrogen (secondary N) is 2. The predicted octanol–water partition coefficient (Wildman–Crippen LogP) is 2.10. The number of guanidine groups is 1. The summed E-state index contributed by atoms with van der Waals surface area (Å²) in [4.78, 5) is 9.68. The lowest BCUT2D eigenvalue weighted by Gasteiger charge is -2.34. The van der Waals surface area contributed by atoms with E-state index in [1.54, 1.807) is 0 Å². The number of benzene rings is 1. The minimum absolute atomic E-state index is 0.123. The molecule has 0 amide bonds. The zero-order chi connectivity index (χ0) is 20.5. The van der Waals surface area contributed by atoms with Gasteiger partial charge in [-0.05, 0) is 63.5 Å². The molecule has 2 fully saturated rings. The maximum absolute atomic E-state index is 13.4. The van der Waals surface area contributed by atoms with Crippen LogP contribution in [0.5, 0.6) is 0 Å². The Morgan fingerprint density at radius 3 is 2.48 bits per heavy atom. The first-order chi connectivity index (χ1) is 14.2. The van der Waals surface area contributed by atoms with Gasteiger partial charge in [-0.3, -0.25) is 9.89 Å². The molecule has 0 spiro atoms. The van der Waals surface area contributed by atoms with Crippen LogP contribution in [0.25, 0.3) is 0 Å². The topological polar surface area (TPSA) is 52.1 Å². The van der Waals surface area contributed by atoms with Gasteiger partial charge >= 0.3 is 0 Å². The van der Waals surface area contributed by atoms with E-state index in [0.717, 1.165) is 50.9 Å². The first-order valence-electron chi connectivity index (χ1n) is 10.9. The lowest BCUT2D eigenvalue weighted by molar-refractivity contribution is 0.0179. The first kappa shape index (κ1) is 22.0. The van der Waals surface area contributed by atoms with Crippen molar-refractivity contribution in [1.29, 1.82) is 0 Å². The van der Waals surface area contributed by atoms with Crippen LogP contribution in [0, 0.1) is 11.7 Å². The van der Waals surface area contributed by atoms with Crippen LogP contribution in [0.4, 0.5) is 4.39 Å². The van der Waals surface area contributed by atoms with E-state index in [2.05, 4.69) is 34.4 Å². The summed E-state index contributed by atoms with van der Waals surface area (Å²) < 4.78 is 18.9. The van der Waals surface area contributed by atoms with Crippen LogP contribution >= 0.6 is 0 Å². The number of halogens is 1. The molecule has 7 heteroatoms. The quantitative estimate of drug-likeness (QED) is 0.538. The molecule has 3 rings (SSSR count). The van der Waals surface area contributed by atoms with E-state index in [1.165, 1.54) is 38.1 Å². The molecule has 2 N–H and O–H groups in total. The van der Waals surface area contributed by atoms with E-state index in [0.29, 0.717) is 12.5 Å². The number of nitrogens with zero attached hydrogens (tertiary/aromatic N) is 3. The largest absolute Gasteiger partial charge is 0.379 e. The van der Waals surface area contributed by atoms with Crippen molar-refractivity contribution in [2.45, 2.75) is 25.8 Å². The van der Waals surface area contributed by atoms with Gasteiger partial charge in [0.15, 0.2) is 5.96 Å². The van der Waals surface area contributed by atoms with Crippen LogP contribution in [0.1, 0.15) is 31.4 Å². The van der Waals surface area contributed by atoms with Gasteiger partial charge in [0.25, 0.3) is 0 Å².